The predicted octanol–water partition coefficient (Wildman–Crippen LogP) is -0.842. The van der Waals surface area contributed by atoms with Crippen LogP contribution in [-0.4, -0.2) is 117 Å². The van der Waals surface area contributed by atoms with Crippen LogP contribution in [0.15, 0.2) is 0 Å². The summed E-state index contributed by atoms with van der Waals surface area (Å²) in [6.45, 7) is 1.29. The zero-order valence-electron chi connectivity index (χ0n) is 20.0. The molecule has 202 valence electrons. The molecule has 2 aliphatic rings. The van der Waals surface area contributed by atoms with Crippen molar-refractivity contribution in [1.82, 2.24) is 0 Å². The molecule has 10 atom stereocenters. The van der Waals surface area contributed by atoms with Gasteiger partial charge in [0.25, 0.3) is 0 Å². The Hall–Kier alpha value is -0.440. The minimum atomic E-state index is -1.69. The van der Waals surface area contributed by atoms with E-state index in [1.165, 1.54) is 38.5 Å². The SMILES string of the molecule is CCCCCCCCCCCO[C@H]1O[C@H](CO)[C@@H](O[C@H]2O[C@H](CO)[C@@H](O)[C@H](O)[C@H]2O)[C@H](O)[C@H]1O. The summed E-state index contributed by atoms with van der Waals surface area (Å²) >= 11 is 0. The van der Waals surface area contributed by atoms with Gasteiger partial charge >= 0.3 is 0 Å². The van der Waals surface area contributed by atoms with Gasteiger partial charge in [-0.2, -0.15) is 0 Å². The molecule has 0 aromatic rings. The fourth-order valence-corrected chi connectivity index (χ4v) is 4.31. The molecular formula is C23H44O11. The van der Waals surface area contributed by atoms with E-state index < -0.39 is 74.6 Å². The Bertz CT molecular complexity index is 535. The second kappa shape index (κ2) is 15.6. The molecule has 0 aromatic heterocycles. The van der Waals surface area contributed by atoms with Gasteiger partial charge in [-0.25, -0.2) is 0 Å². The van der Waals surface area contributed by atoms with Crippen LogP contribution in [0.25, 0.3) is 0 Å². The predicted molar refractivity (Wildman–Crippen MR) is 120 cm³/mol. The van der Waals surface area contributed by atoms with Crippen LogP contribution in [0.2, 0.25) is 0 Å². The van der Waals surface area contributed by atoms with Crippen LogP contribution in [0.3, 0.4) is 0 Å². The van der Waals surface area contributed by atoms with Crippen LogP contribution < -0.4 is 0 Å². The maximum Gasteiger partial charge on any atom is 0.187 e. The summed E-state index contributed by atoms with van der Waals surface area (Å²) in [6, 6.07) is 0. The lowest BCUT2D eigenvalue weighted by Crippen LogP contribution is -2.64. The smallest absolute Gasteiger partial charge is 0.187 e. The van der Waals surface area contributed by atoms with E-state index in [1.54, 1.807) is 0 Å². The number of rotatable bonds is 15. The first-order chi connectivity index (χ1) is 16.3. The minimum absolute atomic E-state index is 0.320. The number of ether oxygens (including phenoxy) is 4. The second-order valence-corrected chi connectivity index (χ2v) is 9.20. The normalized spacial score (nSPS) is 38.8. The highest BCUT2D eigenvalue weighted by molar-refractivity contribution is 4.94. The highest BCUT2D eigenvalue weighted by Gasteiger charge is 2.50. The third kappa shape index (κ3) is 8.31. The van der Waals surface area contributed by atoms with Crippen molar-refractivity contribution in [3.05, 3.63) is 0 Å². The van der Waals surface area contributed by atoms with Crippen molar-refractivity contribution in [3.63, 3.8) is 0 Å². The van der Waals surface area contributed by atoms with E-state index in [4.69, 9.17) is 18.9 Å². The van der Waals surface area contributed by atoms with Gasteiger partial charge < -0.3 is 54.7 Å². The third-order valence-corrected chi connectivity index (χ3v) is 6.49. The maximum atomic E-state index is 10.6. The van der Waals surface area contributed by atoms with Gasteiger partial charge in [-0.15, -0.1) is 0 Å². The molecule has 34 heavy (non-hydrogen) atoms. The van der Waals surface area contributed by atoms with E-state index in [0.717, 1.165) is 19.3 Å². The molecular weight excluding hydrogens is 452 g/mol. The summed E-state index contributed by atoms with van der Waals surface area (Å²) in [5.41, 5.74) is 0. The summed E-state index contributed by atoms with van der Waals surface area (Å²) in [6.07, 6.45) is -3.99. The highest BCUT2D eigenvalue weighted by Crippen LogP contribution is 2.29. The van der Waals surface area contributed by atoms with Crippen LogP contribution in [0.1, 0.15) is 64.7 Å². The van der Waals surface area contributed by atoms with Crippen molar-refractivity contribution in [2.45, 2.75) is 126 Å². The molecule has 11 nitrogen and oxygen atoms in total. The molecule has 0 saturated carbocycles. The molecule has 0 spiro atoms. The Morgan fingerprint density at radius 1 is 0.588 bits per heavy atom. The van der Waals surface area contributed by atoms with Crippen molar-refractivity contribution >= 4 is 0 Å². The lowest BCUT2D eigenvalue weighted by Gasteiger charge is -2.45. The molecule has 2 saturated heterocycles. The zero-order valence-corrected chi connectivity index (χ0v) is 20.0. The fraction of sp³-hybridized carbons (Fsp3) is 1.00. The van der Waals surface area contributed by atoms with Crippen LogP contribution in [-0.2, 0) is 18.9 Å². The van der Waals surface area contributed by atoms with Gasteiger partial charge in [0.05, 0.1) is 13.2 Å². The Morgan fingerprint density at radius 2 is 1.12 bits per heavy atom. The molecule has 0 amide bonds. The third-order valence-electron chi connectivity index (χ3n) is 6.49. The van der Waals surface area contributed by atoms with Crippen LogP contribution in [0, 0.1) is 0 Å². The van der Waals surface area contributed by atoms with E-state index in [-0.39, 0.29) is 0 Å². The minimum Gasteiger partial charge on any atom is -0.394 e. The number of hydrogen-bond donors (Lipinski definition) is 7. The molecule has 0 unspecified atom stereocenters. The Balaban J connectivity index is 1.78. The van der Waals surface area contributed by atoms with Crippen molar-refractivity contribution in [2.24, 2.45) is 0 Å². The van der Waals surface area contributed by atoms with Gasteiger partial charge in [-0.05, 0) is 6.42 Å². The number of hydrogen-bond acceptors (Lipinski definition) is 11. The van der Waals surface area contributed by atoms with Crippen molar-refractivity contribution in [1.29, 1.82) is 0 Å². The summed E-state index contributed by atoms with van der Waals surface area (Å²) in [5, 5.41) is 70.0. The standard InChI is InChI=1S/C23H44O11/c1-2-3-4-5-6-7-8-9-10-11-31-22-20(30)18(28)21(15(13-25)33-22)34-23-19(29)17(27)16(26)14(12-24)32-23/h14-30H,2-13H2,1H3/t14-,15-,16-,17+,18-,19-,20-,21-,22+,23-/m1/s1. The number of unbranched alkanes of at least 4 members (excludes halogenated alkanes) is 8. The van der Waals surface area contributed by atoms with Crippen LogP contribution in [0.5, 0.6) is 0 Å². The van der Waals surface area contributed by atoms with Gasteiger partial charge in [0.1, 0.15) is 48.8 Å². The zero-order chi connectivity index (χ0) is 25.1. The molecule has 2 rings (SSSR count). The van der Waals surface area contributed by atoms with Gasteiger partial charge in [-0.1, -0.05) is 58.3 Å². The molecule has 0 radical (unpaired) electrons. The van der Waals surface area contributed by atoms with E-state index in [9.17, 15) is 35.7 Å². The highest BCUT2D eigenvalue weighted by atomic mass is 16.7. The second-order valence-electron chi connectivity index (χ2n) is 9.20. The van der Waals surface area contributed by atoms with Gasteiger partial charge in [-0.3, -0.25) is 0 Å². The molecule has 11 heteroatoms. The van der Waals surface area contributed by atoms with Crippen molar-refractivity contribution < 1.29 is 54.7 Å². The van der Waals surface area contributed by atoms with Crippen LogP contribution >= 0.6 is 0 Å². The number of aliphatic hydroxyl groups is 7. The maximum absolute atomic E-state index is 10.6. The average molecular weight is 497 g/mol. The molecule has 0 aliphatic carbocycles. The topological polar surface area (TPSA) is 179 Å². The Morgan fingerprint density at radius 3 is 1.71 bits per heavy atom. The first-order valence-electron chi connectivity index (χ1n) is 12.6. The summed E-state index contributed by atoms with van der Waals surface area (Å²) in [7, 11) is 0. The first-order valence-corrected chi connectivity index (χ1v) is 12.6. The van der Waals surface area contributed by atoms with E-state index in [2.05, 4.69) is 6.92 Å². The van der Waals surface area contributed by atoms with E-state index in [1.807, 2.05) is 0 Å². The van der Waals surface area contributed by atoms with Crippen LogP contribution in [0.4, 0.5) is 0 Å². The number of aliphatic hydroxyl groups excluding tert-OH is 7. The van der Waals surface area contributed by atoms with E-state index in [0.29, 0.717) is 6.61 Å². The van der Waals surface area contributed by atoms with Gasteiger partial charge in [0.15, 0.2) is 12.6 Å². The summed E-state index contributed by atoms with van der Waals surface area (Å²) in [4.78, 5) is 0. The quantitative estimate of drug-likeness (QED) is 0.141. The molecule has 2 heterocycles. The first kappa shape index (κ1) is 29.8. The molecule has 0 aromatic carbocycles. The Kier molecular flexibility index (Phi) is 13.7. The fourth-order valence-electron chi connectivity index (χ4n) is 4.31. The van der Waals surface area contributed by atoms with Crippen molar-refractivity contribution in [3.8, 4) is 0 Å². The molecule has 0 bridgehead atoms. The lowest BCUT2D eigenvalue weighted by molar-refractivity contribution is -0.359. The lowest BCUT2D eigenvalue weighted by atomic mass is 9.97. The van der Waals surface area contributed by atoms with Gasteiger partial charge in [0.2, 0.25) is 0 Å². The monoisotopic (exact) mass is 496 g/mol. The van der Waals surface area contributed by atoms with E-state index >= 15 is 0 Å². The molecule has 2 aliphatic heterocycles. The average Bonchev–Trinajstić information content (AvgIpc) is 2.84. The summed E-state index contributed by atoms with van der Waals surface area (Å²) < 4.78 is 22.0. The largest absolute Gasteiger partial charge is 0.394 e. The van der Waals surface area contributed by atoms with Gasteiger partial charge in [0, 0.05) is 6.61 Å². The molecule has 7 N–H and O–H groups in total. The summed E-state index contributed by atoms with van der Waals surface area (Å²) in [5.74, 6) is 0. The Labute approximate surface area is 201 Å². The molecule has 2 fully saturated rings. The van der Waals surface area contributed by atoms with Crippen molar-refractivity contribution in [2.75, 3.05) is 19.8 Å².